The molecule has 7 nitrogen and oxygen atoms in total. The Morgan fingerprint density at radius 2 is 0.885 bits per heavy atom. The zero-order valence-corrected chi connectivity index (χ0v) is 35.0. The van der Waals surface area contributed by atoms with Crippen molar-refractivity contribution >= 4 is 17.5 Å². The Morgan fingerprint density at radius 3 is 1.37 bits per heavy atom. The van der Waals surface area contributed by atoms with Gasteiger partial charge in [0.2, 0.25) is 5.78 Å². The van der Waals surface area contributed by atoms with Gasteiger partial charge in [0, 0.05) is 32.9 Å². The van der Waals surface area contributed by atoms with E-state index >= 15 is 0 Å². The molecule has 0 aliphatic heterocycles. The molecule has 0 aromatic carbocycles. The molecule has 0 aliphatic carbocycles. The Balaban J connectivity index is 4.10. The summed E-state index contributed by atoms with van der Waals surface area (Å²) in [7, 11) is 1.64. The fourth-order valence-electron chi connectivity index (χ4n) is 7.14. The van der Waals surface area contributed by atoms with Gasteiger partial charge in [-0.2, -0.15) is 0 Å². The van der Waals surface area contributed by atoms with Crippen molar-refractivity contribution < 1.29 is 29.0 Å². The van der Waals surface area contributed by atoms with Crippen molar-refractivity contribution in [2.45, 2.75) is 238 Å². The predicted octanol–water partition coefficient (Wildman–Crippen LogP) is 11.9. The highest BCUT2D eigenvalue weighted by atomic mass is 16.5. The van der Waals surface area contributed by atoms with Crippen molar-refractivity contribution in [2.24, 2.45) is 0 Å². The van der Waals surface area contributed by atoms with Crippen LogP contribution in [0.2, 0.25) is 0 Å². The van der Waals surface area contributed by atoms with Crippen LogP contribution in [0, 0.1) is 0 Å². The van der Waals surface area contributed by atoms with Gasteiger partial charge >= 0.3 is 5.97 Å². The van der Waals surface area contributed by atoms with Crippen LogP contribution in [0.5, 0.6) is 0 Å². The molecule has 7 heteroatoms. The summed E-state index contributed by atoms with van der Waals surface area (Å²) >= 11 is 0. The standard InChI is InChI=1S/C45H87NO6/c1-5-8-11-14-18-25-31-41(32-26-19-15-12-9-6-2)52-45(50)35-28-21-17-23-30-37-46(38-39-47)36-29-22-16-20-27-34-43(48)44(49)40-42(51-4)33-24-13-10-7-3/h41-42,47H,5-40H2,1-4H3. The van der Waals surface area contributed by atoms with Gasteiger partial charge < -0.3 is 19.5 Å². The number of nitrogens with zero attached hydrogens (tertiary/aromatic N) is 1. The fraction of sp³-hybridized carbons (Fsp3) is 0.933. The molecule has 308 valence electrons. The van der Waals surface area contributed by atoms with Gasteiger partial charge in [-0.3, -0.25) is 14.4 Å². The third-order valence-electron chi connectivity index (χ3n) is 10.6. The third-order valence-corrected chi connectivity index (χ3v) is 10.6. The highest BCUT2D eigenvalue weighted by Gasteiger charge is 2.19. The van der Waals surface area contributed by atoms with Crippen molar-refractivity contribution in [3.05, 3.63) is 0 Å². The van der Waals surface area contributed by atoms with E-state index in [0.29, 0.717) is 19.4 Å². The monoisotopic (exact) mass is 738 g/mol. The van der Waals surface area contributed by atoms with Crippen LogP contribution < -0.4 is 0 Å². The summed E-state index contributed by atoms with van der Waals surface area (Å²) in [5, 5.41) is 9.56. The van der Waals surface area contributed by atoms with Crippen molar-refractivity contribution in [1.29, 1.82) is 0 Å². The molecule has 0 radical (unpaired) electrons. The average molecular weight is 738 g/mol. The number of carbonyl (C=O) groups excluding carboxylic acids is 3. The van der Waals surface area contributed by atoms with Gasteiger partial charge in [0.25, 0.3) is 0 Å². The van der Waals surface area contributed by atoms with E-state index in [-0.39, 0.29) is 42.8 Å². The third kappa shape index (κ3) is 33.3. The number of ether oxygens (including phenoxy) is 2. The normalized spacial score (nSPS) is 12.2. The topological polar surface area (TPSA) is 93.1 Å². The summed E-state index contributed by atoms with van der Waals surface area (Å²) in [6.07, 6.45) is 34.2. The van der Waals surface area contributed by atoms with Crippen LogP contribution in [0.4, 0.5) is 0 Å². The first kappa shape index (κ1) is 50.7. The number of ketones is 2. The largest absolute Gasteiger partial charge is 0.462 e. The van der Waals surface area contributed by atoms with Gasteiger partial charge in [-0.05, 0) is 70.9 Å². The minimum absolute atomic E-state index is 0.000103. The van der Waals surface area contributed by atoms with Crippen LogP contribution in [-0.2, 0) is 23.9 Å². The molecule has 0 rings (SSSR count). The maximum atomic E-state index is 12.7. The maximum absolute atomic E-state index is 12.7. The number of esters is 1. The number of aliphatic hydroxyl groups is 1. The smallest absolute Gasteiger partial charge is 0.306 e. The van der Waals surface area contributed by atoms with E-state index in [1.165, 1.54) is 89.9 Å². The van der Waals surface area contributed by atoms with Gasteiger partial charge in [-0.15, -0.1) is 0 Å². The second-order valence-electron chi connectivity index (χ2n) is 15.6. The van der Waals surface area contributed by atoms with E-state index < -0.39 is 0 Å². The van der Waals surface area contributed by atoms with Gasteiger partial charge in [-0.1, -0.05) is 149 Å². The number of hydrogen-bond donors (Lipinski definition) is 1. The molecular formula is C45H87NO6. The molecule has 0 fully saturated rings. The number of Topliss-reactive ketones (excluding diaryl/α,β-unsaturated/α-hetero) is 2. The lowest BCUT2D eigenvalue weighted by Crippen LogP contribution is -2.29. The van der Waals surface area contributed by atoms with E-state index in [0.717, 1.165) is 109 Å². The molecular weight excluding hydrogens is 650 g/mol. The number of rotatable bonds is 42. The molecule has 1 unspecified atom stereocenters. The van der Waals surface area contributed by atoms with E-state index in [9.17, 15) is 19.5 Å². The molecule has 0 heterocycles. The van der Waals surface area contributed by atoms with E-state index in [1.54, 1.807) is 7.11 Å². The summed E-state index contributed by atoms with van der Waals surface area (Å²) in [5.41, 5.74) is 0. The second-order valence-corrected chi connectivity index (χ2v) is 15.6. The molecule has 0 amide bonds. The fourth-order valence-corrected chi connectivity index (χ4v) is 7.14. The van der Waals surface area contributed by atoms with Crippen molar-refractivity contribution in [3.8, 4) is 0 Å². The first-order chi connectivity index (χ1) is 25.4. The van der Waals surface area contributed by atoms with Crippen LogP contribution in [0.25, 0.3) is 0 Å². The summed E-state index contributed by atoms with van der Waals surface area (Å²) in [6, 6.07) is 0. The number of methoxy groups -OCH3 is 1. The summed E-state index contributed by atoms with van der Waals surface area (Å²) < 4.78 is 11.5. The van der Waals surface area contributed by atoms with Gasteiger partial charge in [0.15, 0.2) is 5.78 Å². The second kappa shape index (κ2) is 39.4. The quantitative estimate of drug-likeness (QED) is 0.0379. The van der Waals surface area contributed by atoms with Gasteiger partial charge in [0.05, 0.1) is 12.7 Å². The highest BCUT2D eigenvalue weighted by Crippen LogP contribution is 2.19. The van der Waals surface area contributed by atoms with Gasteiger partial charge in [0.1, 0.15) is 6.10 Å². The zero-order valence-electron chi connectivity index (χ0n) is 35.0. The minimum Gasteiger partial charge on any atom is -0.462 e. The Hall–Kier alpha value is -1.31. The van der Waals surface area contributed by atoms with Crippen LogP contribution in [0.3, 0.4) is 0 Å². The number of unbranched alkanes of at least 4 members (excludes halogenated alkanes) is 21. The molecule has 52 heavy (non-hydrogen) atoms. The molecule has 0 spiro atoms. The Kier molecular flexibility index (Phi) is 38.4. The van der Waals surface area contributed by atoms with Crippen molar-refractivity contribution in [1.82, 2.24) is 4.90 Å². The lowest BCUT2D eigenvalue weighted by Gasteiger charge is -2.21. The molecule has 0 aromatic rings. The number of aliphatic hydroxyl groups excluding tert-OH is 1. The molecule has 0 saturated carbocycles. The first-order valence-corrected chi connectivity index (χ1v) is 22.5. The minimum atomic E-state index is -0.272. The SMILES string of the molecule is CCCCCCCCC(CCCCCCCC)OC(=O)CCCCCCCN(CCO)CCCCCCCC(=O)C(=O)CC(CCCCCC)OC. The maximum Gasteiger partial charge on any atom is 0.306 e. The number of carbonyl (C=O) groups is 3. The van der Waals surface area contributed by atoms with Crippen LogP contribution in [0.15, 0.2) is 0 Å². The van der Waals surface area contributed by atoms with Gasteiger partial charge in [-0.25, -0.2) is 0 Å². The summed E-state index contributed by atoms with van der Waals surface area (Å²) in [5.74, 6) is -0.512. The van der Waals surface area contributed by atoms with E-state index in [1.807, 2.05) is 0 Å². The number of hydrogen-bond acceptors (Lipinski definition) is 7. The molecule has 1 atom stereocenters. The molecule has 0 aromatic heterocycles. The molecule has 1 N–H and O–H groups in total. The first-order valence-electron chi connectivity index (χ1n) is 22.5. The Labute approximate surface area is 322 Å². The summed E-state index contributed by atoms with van der Waals surface area (Å²) in [4.78, 5) is 39.8. The Morgan fingerprint density at radius 1 is 0.481 bits per heavy atom. The lowest BCUT2D eigenvalue weighted by molar-refractivity contribution is -0.150. The lowest BCUT2D eigenvalue weighted by atomic mass is 10.0. The Bertz CT molecular complexity index is 789. The van der Waals surface area contributed by atoms with Crippen LogP contribution in [-0.4, -0.2) is 73.1 Å². The molecule has 0 aliphatic rings. The van der Waals surface area contributed by atoms with Crippen LogP contribution in [0.1, 0.15) is 226 Å². The average Bonchev–Trinajstić information content (AvgIpc) is 3.14. The molecule has 0 saturated heterocycles. The van der Waals surface area contributed by atoms with E-state index in [2.05, 4.69) is 25.7 Å². The predicted molar refractivity (Wildman–Crippen MR) is 219 cm³/mol. The summed E-state index contributed by atoms with van der Waals surface area (Å²) in [6.45, 7) is 9.56. The van der Waals surface area contributed by atoms with Crippen molar-refractivity contribution in [3.63, 3.8) is 0 Å². The zero-order chi connectivity index (χ0) is 38.3. The van der Waals surface area contributed by atoms with Crippen molar-refractivity contribution in [2.75, 3.05) is 33.4 Å². The molecule has 0 bridgehead atoms. The highest BCUT2D eigenvalue weighted by molar-refractivity contribution is 6.37. The van der Waals surface area contributed by atoms with E-state index in [4.69, 9.17) is 9.47 Å². The van der Waals surface area contributed by atoms with Crippen LogP contribution >= 0.6 is 0 Å².